The summed E-state index contributed by atoms with van der Waals surface area (Å²) in [5, 5.41) is 0. The van der Waals surface area contributed by atoms with Crippen molar-refractivity contribution in [2.45, 2.75) is 45.3 Å². The molecule has 3 heterocycles. The van der Waals surface area contributed by atoms with Crippen molar-refractivity contribution >= 4 is 21.7 Å². The molecule has 0 bridgehead atoms. The Morgan fingerprint density at radius 1 is 1.18 bits per heavy atom. The van der Waals surface area contributed by atoms with Crippen LogP contribution in [0, 0.1) is 13.8 Å². The van der Waals surface area contributed by atoms with E-state index in [1.807, 2.05) is 48.7 Å². The van der Waals surface area contributed by atoms with Gasteiger partial charge in [0.2, 0.25) is 0 Å². The molecule has 0 radical (unpaired) electrons. The highest BCUT2D eigenvalue weighted by atomic mass is 32.2. The molecule has 178 valence electrons. The van der Waals surface area contributed by atoms with Crippen molar-refractivity contribution in [3.8, 4) is 5.69 Å². The Kier molecular flexibility index (Phi) is 6.90. The van der Waals surface area contributed by atoms with Crippen LogP contribution in [0.5, 0.6) is 0 Å². The highest BCUT2D eigenvalue weighted by Crippen LogP contribution is 2.23. The number of hydrogen-bond donors (Lipinski definition) is 0. The fourth-order valence-electron chi connectivity index (χ4n) is 4.72. The van der Waals surface area contributed by atoms with Crippen molar-refractivity contribution in [3.05, 3.63) is 53.3 Å². The highest BCUT2D eigenvalue weighted by molar-refractivity contribution is 7.91. The maximum atomic E-state index is 13.0. The van der Waals surface area contributed by atoms with Crippen molar-refractivity contribution in [2.24, 2.45) is 0 Å². The largest absolute Gasteiger partial charge is 0.452 e. The van der Waals surface area contributed by atoms with Gasteiger partial charge in [0.1, 0.15) is 0 Å². The third-order valence-electron chi connectivity index (χ3n) is 6.39. The molecule has 2 fully saturated rings. The average Bonchev–Trinajstić information content (AvgIpc) is 3.50. The second-order valence-corrected chi connectivity index (χ2v) is 11.0. The van der Waals surface area contributed by atoms with Crippen molar-refractivity contribution < 1.29 is 27.5 Å². The normalized spacial score (nSPS) is 21.8. The number of esters is 1. The molecule has 33 heavy (non-hydrogen) atoms. The van der Waals surface area contributed by atoms with E-state index in [2.05, 4.69) is 0 Å². The molecule has 1 aromatic carbocycles. The van der Waals surface area contributed by atoms with Crippen LogP contribution in [0.25, 0.3) is 5.69 Å². The van der Waals surface area contributed by atoms with Gasteiger partial charge in [0.05, 0.1) is 23.2 Å². The molecule has 4 rings (SSSR count). The molecule has 0 aliphatic carbocycles. The molecule has 1 amide bonds. The van der Waals surface area contributed by atoms with E-state index in [1.54, 1.807) is 11.0 Å². The van der Waals surface area contributed by atoms with E-state index in [1.165, 1.54) is 0 Å². The van der Waals surface area contributed by atoms with Crippen LogP contribution in [0.4, 0.5) is 0 Å². The zero-order valence-corrected chi connectivity index (χ0v) is 19.8. The summed E-state index contributed by atoms with van der Waals surface area (Å²) in [5.74, 6) is -0.955. The zero-order chi connectivity index (χ0) is 23.6. The Bertz CT molecular complexity index is 1120. The zero-order valence-electron chi connectivity index (χ0n) is 19.0. The molecule has 2 saturated heterocycles. The first-order valence-corrected chi connectivity index (χ1v) is 13.1. The second-order valence-electron chi connectivity index (χ2n) is 8.77. The van der Waals surface area contributed by atoms with Gasteiger partial charge in [-0.05, 0) is 51.3 Å². The van der Waals surface area contributed by atoms with Gasteiger partial charge in [0, 0.05) is 36.3 Å². The van der Waals surface area contributed by atoms with E-state index in [9.17, 15) is 18.0 Å². The van der Waals surface area contributed by atoms with E-state index in [0.29, 0.717) is 25.1 Å². The predicted molar refractivity (Wildman–Crippen MR) is 123 cm³/mol. The van der Waals surface area contributed by atoms with Gasteiger partial charge in [-0.3, -0.25) is 4.79 Å². The summed E-state index contributed by atoms with van der Waals surface area (Å²) in [6.07, 6.45) is 2.03. The molecular formula is C24H30N2O6S. The fourth-order valence-corrected chi connectivity index (χ4v) is 6.45. The Balaban J connectivity index is 1.45. The number of carbonyl (C=O) groups excluding carboxylic acids is 2. The Hall–Kier alpha value is -2.65. The molecular weight excluding hydrogens is 444 g/mol. The summed E-state index contributed by atoms with van der Waals surface area (Å²) < 4.78 is 37.0. The Morgan fingerprint density at radius 3 is 2.58 bits per heavy atom. The van der Waals surface area contributed by atoms with Crippen LogP contribution >= 0.6 is 0 Å². The van der Waals surface area contributed by atoms with Crippen LogP contribution in [-0.2, 0) is 24.1 Å². The van der Waals surface area contributed by atoms with Crippen LogP contribution in [0.15, 0.2) is 36.4 Å². The number of aromatic nitrogens is 1. The number of rotatable bonds is 7. The third kappa shape index (κ3) is 5.30. The number of sulfone groups is 1. The Morgan fingerprint density at radius 2 is 1.94 bits per heavy atom. The SMILES string of the molecule is Cc1cc(C(=O)OCC(=O)N(C[C@H]2CCCO2)[C@H]2CCS(=O)(=O)C2)c(C)n1-c1ccccc1. The molecule has 8 nitrogen and oxygen atoms in total. The van der Waals surface area contributed by atoms with Crippen molar-refractivity contribution in [3.63, 3.8) is 0 Å². The smallest absolute Gasteiger partial charge is 0.340 e. The van der Waals surface area contributed by atoms with Gasteiger partial charge < -0.3 is 18.9 Å². The first-order valence-electron chi connectivity index (χ1n) is 11.3. The number of aryl methyl sites for hydroxylation is 1. The van der Waals surface area contributed by atoms with Crippen LogP contribution in [0.2, 0.25) is 0 Å². The monoisotopic (exact) mass is 474 g/mol. The summed E-state index contributed by atoms with van der Waals surface area (Å²) >= 11 is 0. The van der Waals surface area contributed by atoms with Gasteiger partial charge in [-0.1, -0.05) is 18.2 Å². The first kappa shape index (κ1) is 23.5. The second kappa shape index (κ2) is 9.69. The minimum Gasteiger partial charge on any atom is -0.452 e. The lowest BCUT2D eigenvalue weighted by Gasteiger charge is -2.30. The molecule has 0 N–H and O–H groups in total. The number of para-hydroxylation sites is 1. The molecule has 0 unspecified atom stereocenters. The van der Waals surface area contributed by atoms with Crippen LogP contribution in [0.3, 0.4) is 0 Å². The molecule has 9 heteroatoms. The molecule has 2 atom stereocenters. The Labute approximate surface area is 194 Å². The minimum atomic E-state index is -3.16. The van der Waals surface area contributed by atoms with E-state index in [0.717, 1.165) is 29.9 Å². The lowest BCUT2D eigenvalue weighted by atomic mass is 10.1. The van der Waals surface area contributed by atoms with Crippen LogP contribution < -0.4 is 0 Å². The van der Waals surface area contributed by atoms with Gasteiger partial charge in [-0.25, -0.2) is 13.2 Å². The van der Waals surface area contributed by atoms with Gasteiger partial charge >= 0.3 is 5.97 Å². The molecule has 0 spiro atoms. The summed E-state index contributed by atoms with van der Waals surface area (Å²) in [7, 11) is -3.16. The molecule has 2 aromatic rings. The maximum absolute atomic E-state index is 13.0. The van der Waals surface area contributed by atoms with E-state index < -0.39 is 34.4 Å². The lowest BCUT2D eigenvalue weighted by molar-refractivity contribution is -0.138. The standard InChI is InChI=1S/C24H30N2O6S/c1-17-13-22(18(2)26(17)19-7-4-3-5-8-19)24(28)32-15-23(27)25(14-21-9-6-11-31-21)20-10-12-33(29,30)16-20/h3-5,7-8,13,20-21H,6,9-12,14-16H2,1-2H3/t20-,21+/m0/s1. The number of carbonyl (C=O) groups is 2. The topological polar surface area (TPSA) is 94.9 Å². The fraction of sp³-hybridized carbons (Fsp3) is 0.500. The van der Waals surface area contributed by atoms with Crippen LogP contribution in [-0.4, -0.2) is 73.2 Å². The lowest BCUT2D eigenvalue weighted by Crippen LogP contribution is -2.47. The third-order valence-corrected chi connectivity index (χ3v) is 8.14. The quantitative estimate of drug-likeness (QED) is 0.572. The van der Waals surface area contributed by atoms with Crippen molar-refractivity contribution in [1.29, 1.82) is 0 Å². The molecule has 2 aliphatic heterocycles. The van der Waals surface area contributed by atoms with E-state index in [-0.39, 0.29) is 17.6 Å². The van der Waals surface area contributed by atoms with E-state index >= 15 is 0 Å². The van der Waals surface area contributed by atoms with Gasteiger partial charge in [-0.15, -0.1) is 0 Å². The molecule has 1 aromatic heterocycles. The van der Waals surface area contributed by atoms with E-state index in [4.69, 9.17) is 9.47 Å². The van der Waals surface area contributed by atoms with Gasteiger partial charge in [0.15, 0.2) is 16.4 Å². The van der Waals surface area contributed by atoms with Crippen molar-refractivity contribution in [1.82, 2.24) is 9.47 Å². The number of ether oxygens (including phenoxy) is 2. The highest BCUT2D eigenvalue weighted by Gasteiger charge is 2.36. The predicted octanol–water partition coefficient (Wildman–Crippen LogP) is 2.45. The number of amides is 1. The van der Waals surface area contributed by atoms with Gasteiger partial charge in [-0.2, -0.15) is 0 Å². The van der Waals surface area contributed by atoms with Crippen LogP contribution in [0.1, 0.15) is 41.0 Å². The maximum Gasteiger partial charge on any atom is 0.340 e. The summed E-state index contributed by atoms with van der Waals surface area (Å²) in [6.45, 7) is 4.27. The first-order chi connectivity index (χ1) is 15.7. The average molecular weight is 475 g/mol. The molecule has 2 aliphatic rings. The summed E-state index contributed by atoms with van der Waals surface area (Å²) in [6, 6.07) is 11.0. The number of nitrogens with zero attached hydrogens (tertiary/aromatic N) is 2. The summed E-state index contributed by atoms with van der Waals surface area (Å²) in [4.78, 5) is 27.4. The summed E-state index contributed by atoms with van der Waals surface area (Å²) in [5.41, 5.74) is 2.95. The van der Waals surface area contributed by atoms with Crippen molar-refractivity contribution in [2.75, 3.05) is 31.3 Å². The number of hydrogen-bond acceptors (Lipinski definition) is 6. The molecule has 0 saturated carbocycles. The van der Waals surface area contributed by atoms with Gasteiger partial charge in [0.25, 0.3) is 5.91 Å². The number of benzene rings is 1. The minimum absolute atomic E-state index is 0.0579.